The molecule has 4 bridgehead atoms. The minimum absolute atomic E-state index is 0.00901. The van der Waals surface area contributed by atoms with Gasteiger partial charge in [-0.15, -0.1) is 0 Å². The number of fused-ring (bicyclic) bond motifs is 3. The Labute approximate surface area is 248 Å². The molecule has 2 amide bonds. The van der Waals surface area contributed by atoms with E-state index in [2.05, 4.69) is 5.32 Å². The van der Waals surface area contributed by atoms with Crippen molar-refractivity contribution in [3.05, 3.63) is 34.9 Å². The zero-order chi connectivity index (χ0) is 29.8. The summed E-state index contributed by atoms with van der Waals surface area (Å²) in [5.74, 6) is 2.16. The third-order valence-corrected chi connectivity index (χ3v) is 10.4. The van der Waals surface area contributed by atoms with Crippen LogP contribution in [-0.4, -0.2) is 77.1 Å². The molecule has 230 valence electrons. The van der Waals surface area contributed by atoms with Gasteiger partial charge in [0.1, 0.15) is 12.2 Å². The number of carbonyl (C=O) groups excluding carboxylic acids is 2. The third kappa shape index (κ3) is 5.22. The second-order valence-electron chi connectivity index (χ2n) is 14.1. The summed E-state index contributed by atoms with van der Waals surface area (Å²) in [4.78, 5) is 29.5. The van der Waals surface area contributed by atoms with Crippen LogP contribution in [0.25, 0.3) is 0 Å². The van der Waals surface area contributed by atoms with Crippen molar-refractivity contribution in [3.63, 3.8) is 0 Å². The predicted molar refractivity (Wildman–Crippen MR) is 156 cm³/mol. The summed E-state index contributed by atoms with van der Waals surface area (Å²) in [6, 6.07) is 2.75. The van der Waals surface area contributed by atoms with Gasteiger partial charge in [0.15, 0.2) is 11.5 Å². The average molecular weight is 583 g/mol. The number of aliphatic hydroxyl groups is 3. The van der Waals surface area contributed by atoms with E-state index in [0.717, 1.165) is 37.0 Å². The summed E-state index contributed by atoms with van der Waals surface area (Å²) in [6.45, 7) is 4.29. The van der Waals surface area contributed by atoms with Gasteiger partial charge in [-0.1, -0.05) is 13.8 Å². The molecule has 4 fully saturated rings. The van der Waals surface area contributed by atoms with E-state index in [9.17, 15) is 24.9 Å². The van der Waals surface area contributed by atoms with Crippen LogP contribution in [0.1, 0.15) is 75.8 Å². The van der Waals surface area contributed by atoms with Gasteiger partial charge >= 0.3 is 0 Å². The van der Waals surface area contributed by atoms with E-state index in [1.807, 2.05) is 18.7 Å². The molecule has 4 N–H and O–H groups in total. The second kappa shape index (κ2) is 11.5. The monoisotopic (exact) mass is 582 g/mol. The van der Waals surface area contributed by atoms with Crippen LogP contribution < -0.4 is 14.8 Å². The fourth-order valence-electron chi connectivity index (χ4n) is 9.29. The molecule has 1 aromatic carbocycles. The summed E-state index contributed by atoms with van der Waals surface area (Å²) in [5.41, 5.74) is 1.71. The van der Waals surface area contributed by atoms with Crippen molar-refractivity contribution < 1.29 is 34.4 Å². The lowest BCUT2D eigenvalue weighted by Crippen LogP contribution is -2.60. The van der Waals surface area contributed by atoms with E-state index in [4.69, 9.17) is 9.47 Å². The summed E-state index contributed by atoms with van der Waals surface area (Å²) in [5, 5.41) is 34.1. The van der Waals surface area contributed by atoms with Gasteiger partial charge in [-0.25, -0.2) is 0 Å². The number of amides is 2. The number of nitrogens with zero attached hydrogens (tertiary/aromatic N) is 1. The molecule has 0 saturated heterocycles. The number of carbonyl (C=O) groups is 2. The average Bonchev–Trinajstić information content (AvgIpc) is 3.33. The summed E-state index contributed by atoms with van der Waals surface area (Å²) < 4.78 is 12.0. The number of ether oxygens (including phenoxy) is 2. The number of methoxy groups -OCH3 is 1. The minimum atomic E-state index is -1.08. The molecule has 4 saturated carbocycles. The molecular weight excluding hydrogens is 536 g/mol. The number of rotatable bonds is 10. The van der Waals surface area contributed by atoms with Crippen molar-refractivity contribution in [3.8, 4) is 11.5 Å². The van der Waals surface area contributed by atoms with Crippen molar-refractivity contribution in [1.29, 1.82) is 0 Å². The largest absolute Gasteiger partial charge is 0.493 e. The van der Waals surface area contributed by atoms with Crippen molar-refractivity contribution in [1.82, 2.24) is 10.2 Å². The molecule has 0 aromatic heterocycles. The Balaban J connectivity index is 1.41. The van der Waals surface area contributed by atoms with E-state index >= 15 is 0 Å². The highest BCUT2D eigenvalue weighted by molar-refractivity contribution is 5.96. The minimum Gasteiger partial charge on any atom is -0.493 e. The van der Waals surface area contributed by atoms with Crippen molar-refractivity contribution in [2.45, 2.75) is 89.6 Å². The van der Waals surface area contributed by atoms with E-state index in [0.29, 0.717) is 41.2 Å². The standard InChI is InChI=1S/C33H46N2O7/c1-18(2)6-27(38)35(17-33-13-19-7-20(14-33)9-21(8-19)15-33)25-12-24(32(40)34-4-5-36)28-23-10-22(16-37)11-26(41-3)30(23)42-31(28)29(25)39/h10-12,18-21,25,28-29,31,36-37,39H,4-9,13-17H2,1-3H3,(H,34,40)/t19?,20?,21?,25-,28+,29+,31+,33?/m1/s1. The van der Waals surface area contributed by atoms with Crippen molar-refractivity contribution in [2.24, 2.45) is 29.1 Å². The molecule has 4 atom stereocenters. The molecular formula is C33H46N2O7. The van der Waals surface area contributed by atoms with Gasteiger partial charge in [0.25, 0.3) is 0 Å². The highest BCUT2D eigenvalue weighted by atomic mass is 16.5. The second-order valence-corrected chi connectivity index (χ2v) is 14.1. The summed E-state index contributed by atoms with van der Waals surface area (Å²) in [7, 11) is 1.52. The van der Waals surface area contributed by atoms with Crippen LogP contribution in [0.3, 0.4) is 0 Å². The number of aliphatic hydroxyl groups excluding tert-OH is 3. The first-order valence-corrected chi connectivity index (χ1v) is 15.7. The van der Waals surface area contributed by atoms with Gasteiger partial charge in [0.2, 0.25) is 11.8 Å². The molecule has 1 aromatic rings. The Kier molecular flexibility index (Phi) is 8.04. The fourth-order valence-corrected chi connectivity index (χ4v) is 9.29. The Morgan fingerprint density at radius 1 is 1.12 bits per heavy atom. The van der Waals surface area contributed by atoms with Crippen molar-refractivity contribution >= 4 is 11.8 Å². The molecule has 0 radical (unpaired) electrons. The van der Waals surface area contributed by atoms with Gasteiger partial charge in [0, 0.05) is 30.6 Å². The Morgan fingerprint density at radius 3 is 2.36 bits per heavy atom. The molecule has 9 nitrogen and oxygen atoms in total. The lowest BCUT2D eigenvalue weighted by atomic mass is 9.49. The van der Waals surface area contributed by atoms with Gasteiger partial charge < -0.3 is 35.0 Å². The Hall–Kier alpha value is -2.62. The van der Waals surface area contributed by atoms with Crippen LogP contribution in [0, 0.1) is 29.1 Å². The number of benzene rings is 1. The van der Waals surface area contributed by atoms with Crippen LogP contribution in [0.2, 0.25) is 0 Å². The number of nitrogens with one attached hydrogen (secondary N) is 1. The zero-order valence-corrected chi connectivity index (χ0v) is 25.1. The molecule has 1 heterocycles. The fraction of sp³-hybridized carbons (Fsp3) is 0.697. The van der Waals surface area contributed by atoms with Gasteiger partial charge in [-0.3, -0.25) is 9.59 Å². The van der Waals surface area contributed by atoms with E-state index in [1.54, 1.807) is 18.2 Å². The third-order valence-electron chi connectivity index (χ3n) is 10.4. The van der Waals surface area contributed by atoms with Gasteiger partial charge in [0.05, 0.1) is 32.3 Å². The van der Waals surface area contributed by atoms with Gasteiger partial charge in [-0.2, -0.15) is 0 Å². The Bertz CT molecular complexity index is 1210. The van der Waals surface area contributed by atoms with E-state index < -0.39 is 24.2 Å². The summed E-state index contributed by atoms with van der Waals surface area (Å²) >= 11 is 0. The van der Waals surface area contributed by atoms with Crippen LogP contribution in [0.15, 0.2) is 23.8 Å². The van der Waals surface area contributed by atoms with Gasteiger partial charge in [-0.05, 0) is 91.4 Å². The van der Waals surface area contributed by atoms with Crippen LogP contribution >= 0.6 is 0 Å². The first kappa shape index (κ1) is 29.5. The number of hydrogen-bond acceptors (Lipinski definition) is 7. The van der Waals surface area contributed by atoms with E-state index in [1.165, 1.54) is 26.4 Å². The van der Waals surface area contributed by atoms with Crippen LogP contribution in [0.5, 0.6) is 11.5 Å². The predicted octanol–water partition coefficient (Wildman–Crippen LogP) is 2.90. The lowest BCUT2D eigenvalue weighted by Gasteiger charge is -2.58. The highest BCUT2D eigenvalue weighted by Gasteiger charge is 2.55. The normalized spacial score (nSPS) is 34.0. The smallest absolute Gasteiger partial charge is 0.247 e. The topological polar surface area (TPSA) is 129 Å². The molecule has 5 aliphatic carbocycles. The van der Waals surface area contributed by atoms with Crippen LogP contribution in [-0.2, 0) is 16.2 Å². The Morgan fingerprint density at radius 2 is 1.79 bits per heavy atom. The maximum Gasteiger partial charge on any atom is 0.247 e. The molecule has 7 rings (SSSR count). The molecule has 42 heavy (non-hydrogen) atoms. The SMILES string of the molecule is COc1cc(CO)cc2c1O[C@@H]1[C@@H](O)[C@H](N(CC34CC5CC(CC(C5)C3)C4)C(=O)CC(C)C)C=C(C(=O)NCCO)[C@H]21. The first-order valence-electron chi connectivity index (χ1n) is 15.7. The zero-order valence-electron chi connectivity index (χ0n) is 25.1. The summed E-state index contributed by atoms with van der Waals surface area (Å²) in [6.07, 6.45) is 7.49. The number of hydrogen-bond donors (Lipinski definition) is 4. The first-order chi connectivity index (χ1) is 20.1. The molecule has 1 aliphatic heterocycles. The van der Waals surface area contributed by atoms with E-state index in [-0.39, 0.29) is 42.9 Å². The highest BCUT2D eigenvalue weighted by Crippen LogP contribution is 2.60. The van der Waals surface area contributed by atoms with Crippen molar-refractivity contribution in [2.75, 3.05) is 26.8 Å². The molecule has 0 unspecified atom stereocenters. The lowest BCUT2D eigenvalue weighted by molar-refractivity contribution is -0.145. The maximum absolute atomic E-state index is 14.0. The maximum atomic E-state index is 14.0. The quantitative estimate of drug-likeness (QED) is 0.334. The molecule has 6 aliphatic rings. The molecule has 0 spiro atoms. The molecule has 9 heteroatoms. The van der Waals surface area contributed by atoms with Crippen LogP contribution in [0.4, 0.5) is 0 Å².